The second-order valence-corrected chi connectivity index (χ2v) is 4.98. The fourth-order valence-electron chi connectivity index (χ4n) is 1.47. The lowest BCUT2D eigenvalue weighted by atomic mass is 10.2. The Morgan fingerprint density at radius 3 is 2.73 bits per heavy atom. The standard InChI is InChI=1S/C11H13ClN2O/c1-11(2)5-8(11)14-10(15)7-3-4-9(12)13-6-7/h3-4,6,8H,5H2,1-2H3,(H,14,15). The molecule has 1 saturated carbocycles. The van der Waals surface area contributed by atoms with Gasteiger partial charge in [-0.25, -0.2) is 4.98 Å². The lowest BCUT2D eigenvalue weighted by Gasteiger charge is -2.06. The summed E-state index contributed by atoms with van der Waals surface area (Å²) in [6.07, 6.45) is 2.53. The van der Waals surface area contributed by atoms with E-state index in [4.69, 9.17) is 11.6 Å². The van der Waals surface area contributed by atoms with Crippen LogP contribution in [0.3, 0.4) is 0 Å². The number of rotatable bonds is 2. The molecule has 80 valence electrons. The highest BCUT2D eigenvalue weighted by molar-refractivity contribution is 6.29. The topological polar surface area (TPSA) is 42.0 Å². The van der Waals surface area contributed by atoms with Crippen molar-refractivity contribution in [3.8, 4) is 0 Å². The van der Waals surface area contributed by atoms with Crippen LogP contribution in [0, 0.1) is 5.41 Å². The quantitative estimate of drug-likeness (QED) is 0.783. The second kappa shape index (κ2) is 3.49. The van der Waals surface area contributed by atoms with Crippen molar-refractivity contribution in [1.29, 1.82) is 0 Å². The van der Waals surface area contributed by atoms with E-state index < -0.39 is 0 Å². The van der Waals surface area contributed by atoms with Crippen LogP contribution in [0.15, 0.2) is 18.3 Å². The van der Waals surface area contributed by atoms with Crippen molar-refractivity contribution in [2.75, 3.05) is 0 Å². The van der Waals surface area contributed by atoms with Gasteiger partial charge in [-0.1, -0.05) is 25.4 Å². The molecule has 1 heterocycles. The molecule has 1 amide bonds. The molecule has 0 spiro atoms. The van der Waals surface area contributed by atoms with Gasteiger partial charge in [0, 0.05) is 12.2 Å². The molecule has 1 fully saturated rings. The van der Waals surface area contributed by atoms with Crippen LogP contribution in [0.4, 0.5) is 0 Å². The molecule has 0 saturated heterocycles. The summed E-state index contributed by atoms with van der Waals surface area (Å²) in [6, 6.07) is 3.59. The van der Waals surface area contributed by atoms with E-state index in [1.54, 1.807) is 12.1 Å². The summed E-state index contributed by atoms with van der Waals surface area (Å²) in [5.74, 6) is -0.0743. The second-order valence-electron chi connectivity index (χ2n) is 4.59. The largest absolute Gasteiger partial charge is 0.349 e. The summed E-state index contributed by atoms with van der Waals surface area (Å²) >= 11 is 5.64. The molecule has 1 aromatic rings. The van der Waals surface area contributed by atoms with Crippen LogP contribution in [-0.4, -0.2) is 16.9 Å². The molecule has 0 bridgehead atoms. The third-order valence-electron chi connectivity index (χ3n) is 2.81. The Morgan fingerprint density at radius 1 is 1.60 bits per heavy atom. The monoisotopic (exact) mass is 224 g/mol. The van der Waals surface area contributed by atoms with Crippen molar-refractivity contribution < 1.29 is 4.79 Å². The summed E-state index contributed by atoms with van der Waals surface area (Å²) in [4.78, 5) is 15.6. The Morgan fingerprint density at radius 2 is 2.27 bits per heavy atom. The zero-order valence-corrected chi connectivity index (χ0v) is 9.51. The molecule has 3 nitrogen and oxygen atoms in total. The van der Waals surface area contributed by atoms with Crippen LogP contribution in [0.25, 0.3) is 0 Å². The smallest absolute Gasteiger partial charge is 0.253 e. The van der Waals surface area contributed by atoms with Gasteiger partial charge in [0.05, 0.1) is 5.56 Å². The molecule has 0 aliphatic heterocycles. The van der Waals surface area contributed by atoms with Crippen LogP contribution in [0.2, 0.25) is 5.15 Å². The summed E-state index contributed by atoms with van der Waals surface area (Å²) in [5, 5.41) is 3.36. The molecule has 1 unspecified atom stereocenters. The van der Waals surface area contributed by atoms with Crippen LogP contribution in [0.1, 0.15) is 30.6 Å². The van der Waals surface area contributed by atoms with E-state index in [1.807, 2.05) is 0 Å². The SMILES string of the molecule is CC1(C)CC1NC(=O)c1ccc(Cl)nc1. The summed E-state index contributed by atoms with van der Waals surface area (Å²) in [5.41, 5.74) is 0.803. The Bertz CT molecular complexity index is 386. The highest BCUT2D eigenvalue weighted by Crippen LogP contribution is 2.44. The Labute approximate surface area is 93.8 Å². The fraction of sp³-hybridized carbons (Fsp3) is 0.455. The fourth-order valence-corrected chi connectivity index (χ4v) is 1.58. The van der Waals surface area contributed by atoms with Crippen LogP contribution in [-0.2, 0) is 0 Å². The number of aromatic nitrogens is 1. The lowest BCUT2D eigenvalue weighted by Crippen LogP contribution is -2.28. The minimum atomic E-state index is -0.0743. The molecule has 1 atom stereocenters. The maximum atomic E-state index is 11.7. The average molecular weight is 225 g/mol. The first-order valence-corrected chi connectivity index (χ1v) is 5.29. The molecule has 2 rings (SSSR count). The predicted molar refractivity (Wildman–Crippen MR) is 58.9 cm³/mol. The van der Waals surface area contributed by atoms with E-state index >= 15 is 0 Å². The van der Waals surface area contributed by atoms with Crippen LogP contribution in [0.5, 0.6) is 0 Å². The molecule has 15 heavy (non-hydrogen) atoms. The van der Waals surface area contributed by atoms with Gasteiger partial charge in [-0.05, 0) is 24.0 Å². The number of halogens is 1. The molecule has 1 aliphatic carbocycles. The van der Waals surface area contributed by atoms with Crippen molar-refractivity contribution in [2.45, 2.75) is 26.3 Å². The highest BCUT2D eigenvalue weighted by Gasteiger charge is 2.46. The zero-order chi connectivity index (χ0) is 11.1. The number of nitrogens with zero attached hydrogens (tertiary/aromatic N) is 1. The van der Waals surface area contributed by atoms with Gasteiger partial charge in [-0.15, -0.1) is 0 Å². The summed E-state index contributed by atoms with van der Waals surface area (Å²) in [6.45, 7) is 4.27. The zero-order valence-electron chi connectivity index (χ0n) is 8.75. The number of nitrogens with one attached hydrogen (secondary N) is 1. The lowest BCUT2D eigenvalue weighted by molar-refractivity contribution is 0.0946. The first-order valence-electron chi connectivity index (χ1n) is 4.91. The first-order chi connectivity index (χ1) is 6.99. The van der Waals surface area contributed by atoms with Gasteiger partial charge in [-0.3, -0.25) is 4.79 Å². The van der Waals surface area contributed by atoms with Gasteiger partial charge in [0.15, 0.2) is 0 Å². The van der Waals surface area contributed by atoms with Crippen molar-refractivity contribution in [1.82, 2.24) is 10.3 Å². The predicted octanol–water partition coefficient (Wildman–Crippen LogP) is 2.26. The van der Waals surface area contributed by atoms with E-state index in [-0.39, 0.29) is 11.3 Å². The molecular weight excluding hydrogens is 212 g/mol. The van der Waals surface area contributed by atoms with Gasteiger partial charge < -0.3 is 5.32 Å². The minimum absolute atomic E-state index is 0.0743. The van der Waals surface area contributed by atoms with E-state index in [0.29, 0.717) is 16.8 Å². The van der Waals surface area contributed by atoms with Crippen molar-refractivity contribution in [2.24, 2.45) is 5.41 Å². The molecule has 1 N–H and O–H groups in total. The number of pyridine rings is 1. The molecule has 0 radical (unpaired) electrons. The highest BCUT2D eigenvalue weighted by atomic mass is 35.5. The van der Waals surface area contributed by atoms with Crippen LogP contribution >= 0.6 is 11.6 Å². The normalized spacial score (nSPS) is 22.2. The maximum Gasteiger partial charge on any atom is 0.253 e. The number of amides is 1. The van der Waals surface area contributed by atoms with Gasteiger partial charge in [0.25, 0.3) is 5.91 Å². The number of carbonyl (C=O) groups excluding carboxylic acids is 1. The molecule has 1 aliphatic rings. The Hall–Kier alpha value is -1.09. The minimum Gasteiger partial charge on any atom is -0.349 e. The molecular formula is C11H13ClN2O. The third kappa shape index (κ3) is 2.29. The van der Waals surface area contributed by atoms with E-state index in [2.05, 4.69) is 24.1 Å². The Balaban J connectivity index is 2.00. The van der Waals surface area contributed by atoms with E-state index in [0.717, 1.165) is 6.42 Å². The van der Waals surface area contributed by atoms with Gasteiger partial charge in [0.1, 0.15) is 5.15 Å². The van der Waals surface area contributed by atoms with Crippen molar-refractivity contribution in [3.63, 3.8) is 0 Å². The number of hydrogen-bond donors (Lipinski definition) is 1. The average Bonchev–Trinajstić information content (AvgIpc) is 2.74. The number of hydrogen-bond acceptors (Lipinski definition) is 2. The maximum absolute atomic E-state index is 11.7. The summed E-state index contributed by atoms with van der Waals surface area (Å²) in [7, 11) is 0. The van der Waals surface area contributed by atoms with E-state index in [1.165, 1.54) is 6.20 Å². The summed E-state index contributed by atoms with van der Waals surface area (Å²) < 4.78 is 0. The van der Waals surface area contributed by atoms with Gasteiger partial charge in [-0.2, -0.15) is 0 Å². The third-order valence-corrected chi connectivity index (χ3v) is 3.03. The molecule has 1 aromatic heterocycles. The van der Waals surface area contributed by atoms with E-state index in [9.17, 15) is 4.79 Å². The van der Waals surface area contributed by atoms with Crippen molar-refractivity contribution >= 4 is 17.5 Å². The van der Waals surface area contributed by atoms with Crippen LogP contribution < -0.4 is 5.32 Å². The number of carbonyl (C=O) groups is 1. The molecule has 4 heteroatoms. The van der Waals surface area contributed by atoms with Crippen molar-refractivity contribution in [3.05, 3.63) is 29.0 Å². The first kappa shape index (κ1) is 10.4. The van der Waals surface area contributed by atoms with Gasteiger partial charge in [0.2, 0.25) is 0 Å². The Kier molecular flexibility index (Phi) is 2.43. The molecule has 0 aromatic carbocycles. The van der Waals surface area contributed by atoms with Gasteiger partial charge >= 0.3 is 0 Å².